The summed E-state index contributed by atoms with van der Waals surface area (Å²) in [5, 5.41) is 0.424. The van der Waals surface area contributed by atoms with Crippen molar-refractivity contribution in [3.05, 3.63) is 30.3 Å². The van der Waals surface area contributed by atoms with Crippen molar-refractivity contribution in [3.63, 3.8) is 0 Å². The fourth-order valence-corrected chi connectivity index (χ4v) is 11.5. The van der Waals surface area contributed by atoms with Gasteiger partial charge in [0.05, 0.1) is 11.4 Å². The van der Waals surface area contributed by atoms with Crippen LogP contribution in [0.15, 0.2) is 30.3 Å². The molecule has 0 saturated heterocycles. The van der Waals surface area contributed by atoms with E-state index in [2.05, 4.69) is 34.6 Å². The molecule has 4 saturated carbocycles. The number of hydrogen-bond donors (Lipinski definition) is 1. The van der Waals surface area contributed by atoms with E-state index in [4.69, 9.17) is 4.52 Å². The van der Waals surface area contributed by atoms with E-state index in [1.165, 1.54) is 57.8 Å². The first-order valence-corrected chi connectivity index (χ1v) is 17.2. The standard InChI is InChI=1S/C33H53O3P/c1-23(2)10-9-11-24(3)29-16-17-30-28-15-14-25-22-26(36-37(34,35)27-12-7-6-8-13-27)18-20-32(25,4)31(28)19-21-33(29,30)5/h6-8,12-13,23-26,28-31H,9-11,14-22H2,1-5H3,(H,34,35)/t24-,25+,26+,28+,29-,30+,31+,32+,33-/m1/s1. The molecule has 1 aromatic rings. The minimum absolute atomic E-state index is 0.0953. The molecule has 0 radical (unpaired) electrons. The molecule has 0 aliphatic heterocycles. The zero-order valence-corrected chi connectivity index (χ0v) is 25.1. The summed E-state index contributed by atoms with van der Waals surface area (Å²) in [5.41, 5.74) is 0.915. The summed E-state index contributed by atoms with van der Waals surface area (Å²) in [6.07, 6.45) is 15.5. The van der Waals surface area contributed by atoms with Gasteiger partial charge in [0.1, 0.15) is 0 Å². The summed E-state index contributed by atoms with van der Waals surface area (Å²) in [6, 6.07) is 8.95. The maximum Gasteiger partial charge on any atom is 0.359 e. The Labute approximate surface area is 227 Å². The summed E-state index contributed by atoms with van der Waals surface area (Å²) >= 11 is 0. The first kappa shape index (κ1) is 27.9. The molecule has 4 aliphatic carbocycles. The van der Waals surface area contributed by atoms with Crippen LogP contribution in [-0.4, -0.2) is 11.0 Å². The fourth-order valence-electron chi connectivity index (χ4n) is 10.2. The van der Waals surface area contributed by atoms with Gasteiger partial charge < -0.3 is 9.42 Å². The Hall–Kier alpha value is -0.630. The van der Waals surface area contributed by atoms with Crippen molar-refractivity contribution < 1.29 is 14.0 Å². The van der Waals surface area contributed by atoms with Crippen LogP contribution >= 0.6 is 7.60 Å². The van der Waals surface area contributed by atoms with Crippen molar-refractivity contribution in [2.24, 2.45) is 52.3 Å². The van der Waals surface area contributed by atoms with E-state index in [1.807, 2.05) is 18.2 Å². The smallest absolute Gasteiger partial charge is 0.321 e. The molecule has 0 heterocycles. The van der Waals surface area contributed by atoms with E-state index in [9.17, 15) is 9.46 Å². The second kappa shape index (κ2) is 10.7. The Balaban J connectivity index is 1.24. The van der Waals surface area contributed by atoms with Crippen LogP contribution in [0.25, 0.3) is 0 Å². The number of hydrogen-bond acceptors (Lipinski definition) is 2. The van der Waals surface area contributed by atoms with Crippen LogP contribution in [0.1, 0.15) is 112 Å². The summed E-state index contributed by atoms with van der Waals surface area (Å²) in [7, 11) is -3.77. The molecule has 0 spiro atoms. The highest BCUT2D eigenvalue weighted by molar-refractivity contribution is 7.61. The molecule has 10 atom stereocenters. The van der Waals surface area contributed by atoms with Gasteiger partial charge in [-0.3, -0.25) is 4.57 Å². The number of benzene rings is 1. The van der Waals surface area contributed by atoms with Gasteiger partial charge in [-0.2, -0.15) is 0 Å². The van der Waals surface area contributed by atoms with E-state index in [0.29, 0.717) is 22.1 Å². The second-order valence-corrected chi connectivity index (χ2v) is 16.3. The van der Waals surface area contributed by atoms with Crippen LogP contribution in [0, 0.1) is 52.3 Å². The lowest BCUT2D eigenvalue weighted by atomic mass is 9.44. The van der Waals surface area contributed by atoms with Gasteiger partial charge in [0, 0.05) is 0 Å². The van der Waals surface area contributed by atoms with Gasteiger partial charge in [-0.05, 0) is 122 Å². The summed E-state index contributed by atoms with van der Waals surface area (Å²) in [6.45, 7) is 12.6. The predicted molar refractivity (Wildman–Crippen MR) is 154 cm³/mol. The van der Waals surface area contributed by atoms with Crippen molar-refractivity contribution in [1.82, 2.24) is 0 Å². The fraction of sp³-hybridized carbons (Fsp3) is 0.818. The summed E-state index contributed by atoms with van der Waals surface area (Å²) in [4.78, 5) is 10.7. The van der Waals surface area contributed by atoms with Gasteiger partial charge >= 0.3 is 7.60 Å². The Morgan fingerprint density at radius 1 is 0.919 bits per heavy atom. The highest BCUT2D eigenvalue weighted by atomic mass is 31.2. The molecular weight excluding hydrogens is 475 g/mol. The van der Waals surface area contributed by atoms with Crippen molar-refractivity contribution in [2.45, 2.75) is 118 Å². The SMILES string of the molecule is CC(C)CCC[C@@H](C)[C@H]1CC[C@H]2[C@@H]3CC[C@H]4C[C@@H](OP(=O)(O)c5ccccc5)CC[C@]4(C)[C@H]3CC[C@]12C. The quantitative estimate of drug-likeness (QED) is 0.342. The molecule has 4 aliphatic rings. The van der Waals surface area contributed by atoms with Crippen LogP contribution in [0.5, 0.6) is 0 Å². The molecule has 0 bridgehead atoms. The zero-order chi connectivity index (χ0) is 26.4. The van der Waals surface area contributed by atoms with Crippen LogP contribution in [0.3, 0.4) is 0 Å². The van der Waals surface area contributed by atoms with Gasteiger partial charge in [0.25, 0.3) is 0 Å². The van der Waals surface area contributed by atoms with Crippen LogP contribution in [0.2, 0.25) is 0 Å². The van der Waals surface area contributed by atoms with Gasteiger partial charge in [-0.15, -0.1) is 0 Å². The largest absolute Gasteiger partial charge is 0.359 e. The highest BCUT2D eigenvalue weighted by Crippen LogP contribution is 2.68. The molecule has 0 aromatic heterocycles. The maximum absolute atomic E-state index is 13.0. The van der Waals surface area contributed by atoms with Crippen molar-refractivity contribution in [1.29, 1.82) is 0 Å². The van der Waals surface area contributed by atoms with Crippen molar-refractivity contribution in [2.75, 3.05) is 0 Å². The third kappa shape index (κ3) is 5.28. The molecule has 37 heavy (non-hydrogen) atoms. The normalized spacial score (nSPS) is 41.9. The molecule has 1 unspecified atom stereocenters. The lowest BCUT2D eigenvalue weighted by Gasteiger charge is -2.61. The van der Waals surface area contributed by atoms with Gasteiger partial charge in [-0.25, -0.2) is 0 Å². The Morgan fingerprint density at radius 2 is 1.62 bits per heavy atom. The third-order valence-corrected chi connectivity index (χ3v) is 13.7. The van der Waals surface area contributed by atoms with Gasteiger partial charge in [-0.1, -0.05) is 72.1 Å². The molecule has 5 rings (SSSR count). The van der Waals surface area contributed by atoms with Gasteiger partial charge in [0.2, 0.25) is 0 Å². The average Bonchev–Trinajstić information content (AvgIpc) is 3.22. The average molecular weight is 529 g/mol. The Bertz CT molecular complexity index is 962. The molecule has 208 valence electrons. The zero-order valence-electron chi connectivity index (χ0n) is 24.2. The molecule has 4 fully saturated rings. The molecule has 3 nitrogen and oxygen atoms in total. The molecule has 4 heteroatoms. The van der Waals surface area contributed by atoms with Crippen molar-refractivity contribution in [3.8, 4) is 0 Å². The number of rotatable bonds is 8. The highest BCUT2D eigenvalue weighted by Gasteiger charge is 2.60. The number of fused-ring (bicyclic) bond motifs is 5. The third-order valence-electron chi connectivity index (χ3n) is 12.2. The molecule has 0 amide bonds. The predicted octanol–water partition coefficient (Wildman–Crippen LogP) is 9.00. The second-order valence-electron chi connectivity index (χ2n) is 14.5. The Kier molecular flexibility index (Phi) is 8.10. The lowest BCUT2D eigenvalue weighted by Crippen LogP contribution is -2.54. The molecule has 1 aromatic carbocycles. The topological polar surface area (TPSA) is 46.5 Å². The van der Waals surface area contributed by atoms with E-state index in [-0.39, 0.29) is 6.10 Å². The first-order valence-electron chi connectivity index (χ1n) is 15.6. The molecule has 1 N–H and O–H groups in total. The van der Waals surface area contributed by atoms with Crippen LogP contribution in [-0.2, 0) is 9.09 Å². The van der Waals surface area contributed by atoms with E-state index < -0.39 is 7.60 Å². The Morgan fingerprint density at radius 3 is 2.35 bits per heavy atom. The van der Waals surface area contributed by atoms with E-state index >= 15 is 0 Å². The van der Waals surface area contributed by atoms with E-state index in [1.54, 1.807) is 12.1 Å². The minimum atomic E-state index is -3.77. The molecular formula is C33H53O3P. The maximum atomic E-state index is 13.0. The van der Waals surface area contributed by atoms with Crippen molar-refractivity contribution >= 4 is 12.9 Å². The van der Waals surface area contributed by atoms with Crippen LogP contribution < -0.4 is 5.30 Å². The monoisotopic (exact) mass is 528 g/mol. The van der Waals surface area contributed by atoms with E-state index in [0.717, 1.165) is 54.8 Å². The lowest BCUT2D eigenvalue weighted by molar-refractivity contribution is -0.127. The first-order chi connectivity index (χ1) is 17.5. The van der Waals surface area contributed by atoms with Crippen LogP contribution in [0.4, 0.5) is 0 Å². The minimum Gasteiger partial charge on any atom is -0.321 e. The summed E-state index contributed by atoms with van der Waals surface area (Å²) in [5.74, 6) is 5.86. The summed E-state index contributed by atoms with van der Waals surface area (Å²) < 4.78 is 19.0. The van der Waals surface area contributed by atoms with Gasteiger partial charge in [0.15, 0.2) is 0 Å².